The zero-order valence-electron chi connectivity index (χ0n) is 11.7. The van der Waals surface area contributed by atoms with Gasteiger partial charge in [-0.25, -0.2) is 0 Å². The Morgan fingerprint density at radius 3 is 2.74 bits per heavy atom. The summed E-state index contributed by atoms with van der Waals surface area (Å²) < 4.78 is 0. The van der Waals surface area contributed by atoms with Gasteiger partial charge >= 0.3 is 0 Å². The van der Waals surface area contributed by atoms with Crippen molar-refractivity contribution in [2.75, 3.05) is 13.1 Å². The second kappa shape index (κ2) is 7.49. The smallest absolute Gasteiger partial charge is 0.0453 e. The summed E-state index contributed by atoms with van der Waals surface area (Å²) in [6, 6.07) is 6.83. The Bertz CT molecular complexity index is 409. The van der Waals surface area contributed by atoms with Crippen molar-refractivity contribution in [2.45, 2.75) is 39.3 Å². The highest BCUT2D eigenvalue weighted by molar-refractivity contribution is 6.31. The molecule has 0 saturated carbocycles. The van der Waals surface area contributed by atoms with Crippen molar-refractivity contribution in [2.24, 2.45) is 11.7 Å². The van der Waals surface area contributed by atoms with Gasteiger partial charge < -0.3 is 5.73 Å². The molecular formula is C15H24Cl2N2. The minimum atomic E-state index is 0. The Kier molecular flexibility index (Phi) is 6.61. The number of rotatable bonds is 4. The number of benzene rings is 1. The van der Waals surface area contributed by atoms with Crippen LogP contribution in [-0.2, 0) is 13.0 Å². The summed E-state index contributed by atoms with van der Waals surface area (Å²) >= 11 is 6.35. The summed E-state index contributed by atoms with van der Waals surface area (Å²) in [5.74, 6) is 0.646. The maximum atomic E-state index is 6.35. The SMILES string of the molecule is CCc1cccc(Cl)c1CN1CC(CN)CC1C.Cl. The lowest BCUT2D eigenvalue weighted by atomic mass is 10.0. The van der Waals surface area contributed by atoms with Crippen LogP contribution >= 0.6 is 24.0 Å². The Balaban J connectivity index is 0.00000180. The van der Waals surface area contributed by atoms with Gasteiger partial charge in [0.2, 0.25) is 0 Å². The van der Waals surface area contributed by atoms with Gasteiger partial charge in [0.1, 0.15) is 0 Å². The Labute approximate surface area is 127 Å². The van der Waals surface area contributed by atoms with Crippen LogP contribution in [-0.4, -0.2) is 24.0 Å². The average Bonchev–Trinajstić information content (AvgIpc) is 2.73. The molecule has 2 nitrogen and oxygen atoms in total. The molecular weight excluding hydrogens is 279 g/mol. The van der Waals surface area contributed by atoms with E-state index in [1.54, 1.807) is 0 Å². The summed E-state index contributed by atoms with van der Waals surface area (Å²) in [5.41, 5.74) is 8.45. The first-order chi connectivity index (χ1) is 8.65. The Hall–Kier alpha value is -0.280. The molecule has 108 valence electrons. The topological polar surface area (TPSA) is 29.3 Å². The van der Waals surface area contributed by atoms with Gasteiger partial charge in [0.05, 0.1) is 0 Å². The monoisotopic (exact) mass is 302 g/mol. The molecule has 1 aliphatic rings. The van der Waals surface area contributed by atoms with Crippen LogP contribution in [0.5, 0.6) is 0 Å². The maximum absolute atomic E-state index is 6.35. The van der Waals surface area contributed by atoms with Crippen molar-refractivity contribution in [3.05, 3.63) is 34.3 Å². The van der Waals surface area contributed by atoms with Crippen molar-refractivity contribution < 1.29 is 0 Å². The van der Waals surface area contributed by atoms with E-state index in [2.05, 4.69) is 24.8 Å². The van der Waals surface area contributed by atoms with Crippen LogP contribution in [0.25, 0.3) is 0 Å². The van der Waals surface area contributed by atoms with E-state index in [1.165, 1.54) is 17.5 Å². The maximum Gasteiger partial charge on any atom is 0.0453 e. The fourth-order valence-corrected chi connectivity index (χ4v) is 3.18. The fourth-order valence-electron chi connectivity index (χ4n) is 2.92. The summed E-state index contributed by atoms with van der Waals surface area (Å²) in [6.07, 6.45) is 2.25. The molecule has 2 N–H and O–H groups in total. The van der Waals surface area contributed by atoms with Crippen molar-refractivity contribution in [3.8, 4) is 0 Å². The van der Waals surface area contributed by atoms with E-state index < -0.39 is 0 Å². The molecule has 0 spiro atoms. The minimum Gasteiger partial charge on any atom is -0.330 e. The second-order valence-corrected chi connectivity index (χ2v) is 5.75. The predicted molar refractivity (Wildman–Crippen MR) is 85.1 cm³/mol. The van der Waals surface area contributed by atoms with E-state index in [0.29, 0.717) is 12.0 Å². The zero-order valence-corrected chi connectivity index (χ0v) is 13.3. The number of halogens is 2. The lowest BCUT2D eigenvalue weighted by Crippen LogP contribution is -2.28. The highest BCUT2D eigenvalue weighted by Crippen LogP contribution is 2.28. The molecule has 1 heterocycles. The molecule has 2 atom stereocenters. The van der Waals surface area contributed by atoms with Gasteiger partial charge in [-0.3, -0.25) is 4.90 Å². The van der Waals surface area contributed by atoms with E-state index in [-0.39, 0.29) is 12.4 Å². The van der Waals surface area contributed by atoms with Gasteiger partial charge in [0.25, 0.3) is 0 Å². The molecule has 0 aliphatic carbocycles. The lowest BCUT2D eigenvalue weighted by molar-refractivity contribution is 0.255. The number of likely N-dealkylation sites (tertiary alicyclic amines) is 1. The van der Waals surface area contributed by atoms with Crippen LogP contribution in [0.4, 0.5) is 0 Å². The van der Waals surface area contributed by atoms with Gasteiger partial charge in [0, 0.05) is 24.2 Å². The van der Waals surface area contributed by atoms with Gasteiger partial charge in [0.15, 0.2) is 0 Å². The number of nitrogens with zero attached hydrogens (tertiary/aromatic N) is 1. The Morgan fingerprint density at radius 1 is 1.42 bits per heavy atom. The van der Waals surface area contributed by atoms with Crippen LogP contribution in [0.2, 0.25) is 5.02 Å². The van der Waals surface area contributed by atoms with Gasteiger partial charge in [-0.05, 0) is 49.4 Å². The van der Waals surface area contributed by atoms with E-state index in [4.69, 9.17) is 17.3 Å². The number of hydrogen-bond acceptors (Lipinski definition) is 2. The van der Waals surface area contributed by atoms with E-state index >= 15 is 0 Å². The summed E-state index contributed by atoms with van der Waals surface area (Å²) in [7, 11) is 0. The normalized spacial score (nSPS) is 23.4. The molecule has 1 fully saturated rings. The van der Waals surface area contributed by atoms with E-state index in [1.807, 2.05) is 12.1 Å². The summed E-state index contributed by atoms with van der Waals surface area (Å²) in [4.78, 5) is 2.51. The molecule has 0 radical (unpaired) electrons. The zero-order chi connectivity index (χ0) is 13.1. The molecule has 0 amide bonds. The number of hydrogen-bond donors (Lipinski definition) is 1. The van der Waals surface area contributed by atoms with Crippen LogP contribution in [0, 0.1) is 5.92 Å². The molecule has 1 aliphatic heterocycles. The molecule has 19 heavy (non-hydrogen) atoms. The van der Waals surface area contributed by atoms with Gasteiger partial charge in [-0.15, -0.1) is 12.4 Å². The lowest BCUT2D eigenvalue weighted by Gasteiger charge is -2.23. The quantitative estimate of drug-likeness (QED) is 0.922. The molecule has 2 unspecified atom stereocenters. The molecule has 1 aromatic carbocycles. The number of aryl methyl sites for hydroxylation is 1. The van der Waals surface area contributed by atoms with E-state index in [9.17, 15) is 0 Å². The standard InChI is InChI=1S/C15H23ClN2.ClH/c1-3-13-5-4-6-15(16)14(13)10-18-9-12(8-17)7-11(18)2;/h4-6,11-12H,3,7-10,17H2,1-2H3;1H. The first-order valence-electron chi connectivity index (χ1n) is 6.86. The van der Waals surface area contributed by atoms with Crippen LogP contribution in [0.1, 0.15) is 31.4 Å². The highest BCUT2D eigenvalue weighted by Gasteiger charge is 2.28. The largest absolute Gasteiger partial charge is 0.330 e. The summed E-state index contributed by atoms with van der Waals surface area (Å²) in [5, 5.41) is 0.901. The molecule has 1 saturated heterocycles. The van der Waals surface area contributed by atoms with Crippen LogP contribution in [0.15, 0.2) is 18.2 Å². The third-order valence-electron chi connectivity index (χ3n) is 4.08. The van der Waals surface area contributed by atoms with Gasteiger partial charge in [-0.1, -0.05) is 30.7 Å². The average molecular weight is 303 g/mol. The number of nitrogens with two attached hydrogens (primary N) is 1. The molecule has 1 aromatic rings. The Morgan fingerprint density at radius 2 is 2.16 bits per heavy atom. The predicted octanol–water partition coefficient (Wildman–Crippen LogP) is 3.49. The summed E-state index contributed by atoms with van der Waals surface area (Å²) in [6.45, 7) is 7.33. The fraction of sp³-hybridized carbons (Fsp3) is 0.600. The minimum absolute atomic E-state index is 0. The first-order valence-corrected chi connectivity index (χ1v) is 7.23. The molecule has 4 heteroatoms. The third-order valence-corrected chi connectivity index (χ3v) is 4.44. The first kappa shape index (κ1) is 16.8. The third kappa shape index (κ3) is 3.85. The van der Waals surface area contributed by atoms with Crippen molar-refractivity contribution in [3.63, 3.8) is 0 Å². The molecule has 2 rings (SSSR count). The van der Waals surface area contributed by atoms with Crippen molar-refractivity contribution >= 4 is 24.0 Å². The molecule has 0 bridgehead atoms. The van der Waals surface area contributed by atoms with Gasteiger partial charge in [-0.2, -0.15) is 0 Å². The molecule has 0 aromatic heterocycles. The van der Waals surface area contributed by atoms with Crippen LogP contribution < -0.4 is 5.73 Å². The van der Waals surface area contributed by atoms with Crippen LogP contribution in [0.3, 0.4) is 0 Å². The highest BCUT2D eigenvalue weighted by atomic mass is 35.5. The van der Waals surface area contributed by atoms with Crippen molar-refractivity contribution in [1.29, 1.82) is 0 Å². The van der Waals surface area contributed by atoms with Crippen molar-refractivity contribution in [1.82, 2.24) is 4.90 Å². The second-order valence-electron chi connectivity index (χ2n) is 5.35. The van der Waals surface area contributed by atoms with E-state index in [0.717, 1.165) is 31.1 Å².